The van der Waals surface area contributed by atoms with Crippen LogP contribution in [0.15, 0.2) is 36.7 Å². The zero-order valence-corrected chi connectivity index (χ0v) is 14.5. The number of nitrogens with one attached hydrogen (secondary N) is 2. The maximum absolute atomic E-state index is 11.9. The van der Waals surface area contributed by atoms with Crippen LogP contribution in [0.3, 0.4) is 0 Å². The second-order valence-corrected chi connectivity index (χ2v) is 6.28. The van der Waals surface area contributed by atoms with E-state index in [1.165, 1.54) is 52.0 Å². The van der Waals surface area contributed by atoms with Crippen LogP contribution in [0.2, 0.25) is 0 Å². The van der Waals surface area contributed by atoms with Gasteiger partial charge in [0, 0.05) is 12.1 Å². The summed E-state index contributed by atoms with van der Waals surface area (Å²) in [6.45, 7) is 0. The Kier molecular flexibility index (Phi) is 5.82. The number of hydrogen-bond donors (Lipinski definition) is 2. The molecule has 132 valence electrons. The van der Waals surface area contributed by atoms with Crippen molar-refractivity contribution in [2.75, 3.05) is 17.7 Å². The third-order valence-corrected chi connectivity index (χ3v) is 4.47. The number of rotatable bonds is 5. The molecule has 1 fully saturated rings. The summed E-state index contributed by atoms with van der Waals surface area (Å²) in [4.78, 5) is 20.5. The molecule has 2 N–H and O–H groups in total. The van der Waals surface area contributed by atoms with Crippen LogP contribution >= 0.6 is 0 Å². The lowest BCUT2D eigenvalue weighted by Gasteiger charge is -2.17. The monoisotopic (exact) mass is 340 g/mol. The van der Waals surface area contributed by atoms with Crippen molar-refractivity contribution in [1.82, 2.24) is 9.97 Å². The van der Waals surface area contributed by atoms with Gasteiger partial charge in [-0.1, -0.05) is 37.8 Å². The number of benzene rings is 1. The van der Waals surface area contributed by atoms with Gasteiger partial charge < -0.3 is 15.4 Å². The van der Waals surface area contributed by atoms with Gasteiger partial charge in [-0.25, -0.2) is 14.8 Å². The Morgan fingerprint density at radius 1 is 1.08 bits per heavy atom. The summed E-state index contributed by atoms with van der Waals surface area (Å²) < 4.78 is 4.83. The predicted molar refractivity (Wildman–Crippen MR) is 98.2 cm³/mol. The molecule has 3 rings (SSSR count). The van der Waals surface area contributed by atoms with Crippen LogP contribution in [0.4, 0.5) is 17.3 Å². The standard InChI is InChI=1S/C19H24N4O2/c1-25-19(24)15-10-6-7-11-16(15)23-18-12-17(20-13-21-18)22-14-8-4-2-3-5-9-14/h6-7,10-14H,2-5,8-9H2,1H3,(H2,20,21,22,23). The molecule has 1 saturated carbocycles. The summed E-state index contributed by atoms with van der Waals surface area (Å²) in [5.41, 5.74) is 1.13. The molecule has 0 radical (unpaired) electrons. The minimum atomic E-state index is -0.381. The van der Waals surface area contributed by atoms with E-state index in [9.17, 15) is 4.79 Å². The van der Waals surface area contributed by atoms with Crippen molar-refractivity contribution in [3.63, 3.8) is 0 Å². The first-order valence-electron chi connectivity index (χ1n) is 8.79. The molecule has 6 heteroatoms. The SMILES string of the molecule is COC(=O)c1ccccc1Nc1cc(NC2CCCCCC2)ncn1. The average molecular weight is 340 g/mol. The normalized spacial score (nSPS) is 15.2. The van der Waals surface area contributed by atoms with E-state index in [0.717, 1.165) is 5.82 Å². The molecule has 1 aliphatic carbocycles. The van der Waals surface area contributed by atoms with E-state index in [1.807, 2.05) is 18.2 Å². The van der Waals surface area contributed by atoms with Crippen LogP contribution in [-0.4, -0.2) is 29.1 Å². The van der Waals surface area contributed by atoms with E-state index >= 15 is 0 Å². The molecule has 0 amide bonds. The summed E-state index contributed by atoms with van der Waals surface area (Å²) in [6.07, 6.45) is 9.05. The highest BCUT2D eigenvalue weighted by Gasteiger charge is 2.14. The van der Waals surface area contributed by atoms with Gasteiger partial charge >= 0.3 is 5.97 Å². The molecule has 0 unspecified atom stereocenters. The first-order valence-corrected chi connectivity index (χ1v) is 8.79. The highest BCUT2D eigenvalue weighted by molar-refractivity contribution is 5.96. The number of methoxy groups -OCH3 is 1. The van der Waals surface area contributed by atoms with E-state index in [-0.39, 0.29) is 5.97 Å². The zero-order chi connectivity index (χ0) is 17.5. The Hall–Kier alpha value is -2.63. The number of carbonyl (C=O) groups is 1. The fraction of sp³-hybridized carbons (Fsp3) is 0.421. The molecule has 1 aliphatic rings. The van der Waals surface area contributed by atoms with E-state index in [0.29, 0.717) is 23.1 Å². The van der Waals surface area contributed by atoms with Crippen LogP contribution in [0.25, 0.3) is 0 Å². The summed E-state index contributed by atoms with van der Waals surface area (Å²) in [5.74, 6) is 1.07. The van der Waals surface area contributed by atoms with Gasteiger partial charge in [0.1, 0.15) is 18.0 Å². The van der Waals surface area contributed by atoms with Crippen molar-refractivity contribution in [1.29, 1.82) is 0 Å². The Balaban J connectivity index is 1.73. The van der Waals surface area contributed by atoms with Crippen molar-refractivity contribution in [2.24, 2.45) is 0 Å². The molecule has 0 spiro atoms. The van der Waals surface area contributed by atoms with Gasteiger partial charge in [-0.3, -0.25) is 0 Å². The third-order valence-electron chi connectivity index (χ3n) is 4.47. The molecule has 0 atom stereocenters. The number of nitrogens with zero attached hydrogens (tertiary/aromatic N) is 2. The smallest absolute Gasteiger partial charge is 0.339 e. The molecule has 1 heterocycles. The van der Waals surface area contributed by atoms with Gasteiger partial charge in [0.2, 0.25) is 0 Å². The fourth-order valence-corrected chi connectivity index (χ4v) is 3.16. The van der Waals surface area contributed by atoms with Gasteiger partial charge in [0.25, 0.3) is 0 Å². The summed E-state index contributed by atoms with van der Waals surface area (Å²) in [6, 6.07) is 9.55. The molecule has 0 saturated heterocycles. The second kappa shape index (κ2) is 8.46. The van der Waals surface area contributed by atoms with Gasteiger partial charge in [-0.05, 0) is 25.0 Å². The maximum atomic E-state index is 11.9. The quantitative estimate of drug-likeness (QED) is 0.629. The summed E-state index contributed by atoms with van der Waals surface area (Å²) in [7, 11) is 1.37. The van der Waals surface area contributed by atoms with E-state index in [4.69, 9.17) is 4.74 Å². The Bertz CT molecular complexity index is 712. The number of esters is 1. The van der Waals surface area contributed by atoms with Crippen LogP contribution in [0.5, 0.6) is 0 Å². The largest absolute Gasteiger partial charge is 0.465 e. The Labute approximate surface area is 148 Å². The van der Waals surface area contributed by atoms with Crippen molar-refractivity contribution in [3.05, 3.63) is 42.2 Å². The number of aromatic nitrogens is 2. The summed E-state index contributed by atoms with van der Waals surface area (Å²) in [5, 5.41) is 6.70. The van der Waals surface area contributed by atoms with E-state index in [1.54, 1.807) is 12.1 Å². The second-order valence-electron chi connectivity index (χ2n) is 6.28. The minimum Gasteiger partial charge on any atom is -0.465 e. The van der Waals surface area contributed by atoms with Crippen LogP contribution < -0.4 is 10.6 Å². The van der Waals surface area contributed by atoms with Crippen molar-refractivity contribution in [2.45, 2.75) is 44.6 Å². The van der Waals surface area contributed by atoms with E-state index < -0.39 is 0 Å². The number of para-hydroxylation sites is 1. The molecule has 25 heavy (non-hydrogen) atoms. The van der Waals surface area contributed by atoms with Crippen LogP contribution in [-0.2, 0) is 4.74 Å². The molecule has 1 aromatic carbocycles. The molecular weight excluding hydrogens is 316 g/mol. The third kappa shape index (κ3) is 4.68. The van der Waals surface area contributed by atoms with Crippen LogP contribution in [0.1, 0.15) is 48.9 Å². The van der Waals surface area contributed by atoms with Crippen molar-refractivity contribution in [3.8, 4) is 0 Å². The van der Waals surface area contributed by atoms with Crippen molar-refractivity contribution < 1.29 is 9.53 Å². The lowest BCUT2D eigenvalue weighted by Crippen LogP contribution is -2.19. The van der Waals surface area contributed by atoms with E-state index in [2.05, 4.69) is 20.6 Å². The topological polar surface area (TPSA) is 76.1 Å². The molecule has 0 bridgehead atoms. The highest BCUT2D eigenvalue weighted by Crippen LogP contribution is 2.23. The Morgan fingerprint density at radius 3 is 2.56 bits per heavy atom. The zero-order valence-electron chi connectivity index (χ0n) is 14.5. The first-order chi connectivity index (χ1) is 12.3. The fourth-order valence-electron chi connectivity index (χ4n) is 3.16. The maximum Gasteiger partial charge on any atom is 0.339 e. The number of anilines is 3. The molecular formula is C19H24N4O2. The minimum absolute atomic E-state index is 0.381. The van der Waals surface area contributed by atoms with Gasteiger partial charge in [0.05, 0.1) is 18.4 Å². The van der Waals surface area contributed by atoms with Gasteiger partial charge in [0.15, 0.2) is 0 Å². The van der Waals surface area contributed by atoms with Gasteiger partial charge in [-0.2, -0.15) is 0 Å². The molecule has 1 aromatic heterocycles. The lowest BCUT2D eigenvalue weighted by molar-refractivity contribution is 0.0602. The Morgan fingerprint density at radius 2 is 1.80 bits per heavy atom. The van der Waals surface area contributed by atoms with Crippen molar-refractivity contribution >= 4 is 23.3 Å². The van der Waals surface area contributed by atoms with Gasteiger partial charge in [-0.15, -0.1) is 0 Å². The molecule has 2 aromatic rings. The average Bonchev–Trinajstić information content (AvgIpc) is 2.90. The number of ether oxygens (including phenoxy) is 1. The number of hydrogen-bond acceptors (Lipinski definition) is 6. The predicted octanol–water partition coefficient (Wildman–Crippen LogP) is 4.14. The first kappa shape index (κ1) is 17.2. The molecule has 6 nitrogen and oxygen atoms in total. The number of carbonyl (C=O) groups excluding carboxylic acids is 1. The highest BCUT2D eigenvalue weighted by atomic mass is 16.5. The summed E-state index contributed by atoms with van der Waals surface area (Å²) >= 11 is 0. The van der Waals surface area contributed by atoms with Crippen LogP contribution in [0, 0.1) is 0 Å². The molecule has 0 aliphatic heterocycles. The lowest BCUT2D eigenvalue weighted by atomic mass is 10.1.